The third kappa shape index (κ3) is 4.20. The minimum Gasteiger partial charge on any atom is -0.481 e. The normalized spacial score (nSPS) is 11.6. The van der Waals surface area contributed by atoms with Gasteiger partial charge in [0, 0.05) is 13.0 Å². The van der Waals surface area contributed by atoms with Crippen molar-refractivity contribution in [1.82, 2.24) is 4.72 Å². The molecule has 0 saturated carbocycles. The zero-order valence-electron chi connectivity index (χ0n) is 10.2. The monoisotopic (exact) mass is 311 g/mol. The van der Waals surface area contributed by atoms with Crippen LogP contribution in [0.15, 0.2) is 17.0 Å². The first-order chi connectivity index (χ1) is 9.25. The Morgan fingerprint density at radius 3 is 2.40 bits per heavy atom. The number of carbonyl (C=O) groups is 1. The summed E-state index contributed by atoms with van der Waals surface area (Å²) in [6.07, 6.45) is 0.330. The van der Waals surface area contributed by atoms with E-state index in [1.165, 1.54) is 0 Å². The Morgan fingerprint density at radius 2 is 1.80 bits per heavy atom. The number of nitrogens with one attached hydrogen (secondary N) is 1. The van der Waals surface area contributed by atoms with Gasteiger partial charge < -0.3 is 5.11 Å². The van der Waals surface area contributed by atoms with Crippen molar-refractivity contribution in [3.63, 3.8) is 0 Å². The number of rotatable bonds is 7. The molecule has 0 aliphatic rings. The van der Waals surface area contributed by atoms with Crippen LogP contribution < -0.4 is 4.72 Å². The van der Waals surface area contributed by atoms with E-state index in [1.54, 1.807) is 0 Å². The number of hydrogen-bond donors (Lipinski definition) is 2. The van der Waals surface area contributed by atoms with Crippen molar-refractivity contribution in [3.8, 4) is 0 Å². The molecule has 0 radical (unpaired) electrons. The lowest BCUT2D eigenvalue weighted by atomic mass is 10.2. The number of hydrogen-bond acceptors (Lipinski definition) is 3. The van der Waals surface area contributed by atoms with E-state index < -0.39 is 38.3 Å². The molecule has 0 bridgehead atoms. The van der Waals surface area contributed by atoms with Crippen molar-refractivity contribution < 1.29 is 31.5 Å². The number of benzene rings is 1. The minimum atomic E-state index is -4.31. The summed E-state index contributed by atoms with van der Waals surface area (Å²) in [5.41, 5.74) is 0. The molecule has 0 spiro atoms. The number of carboxylic acids is 1. The van der Waals surface area contributed by atoms with E-state index in [0.717, 1.165) is 0 Å². The van der Waals surface area contributed by atoms with Gasteiger partial charge in [0.1, 0.15) is 4.90 Å². The van der Waals surface area contributed by atoms with Gasteiger partial charge in [0.05, 0.1) is 0 Å². The van der Waals surface area contributed by atoms with Gasteiger partial charge >= 0.3 is 5.97 Å². The molecule has 1 rings (SSSR count). The van der Waals surface area contributed by atoms with E-state index in [9.17, 15) is 26.4 Å². The van der Waals surface area contributed by atoms with Crippen LogP contribution in [0.3, 0.4) is 0 Å². The van der Waals surface area contributed by atoms with Crippen LogP contribution in [0.25, 0.3) is 0 Å². The molecule has 9 heteroatoms. The molecule has 0 aliphatic carbocycles. The highest BCUT2D eigenvalue weighted by molar-refractivity contribution is 7.89. The second-order valence-corrected chi connectivity index (χ2v) is 5.66. The lowest BCUT2D eigenvalue weighted by Crippen LogP contribution is -2.26. The Bertz CT molecular complexity index is 604. The van der Waals surface area contributed by atoms with Crippen molar-refractivity contribution in [3.05, 3.63) is 29.6 Å². The van der Waals surface area contributed by atoms with Crippen LogP contribution in [0, 0.1) is 17.5 Å². The lowest BCUT2D eigenvalue weighted by molar-refractivity contribution is -0.137. The molecule has 0 amide bonds. The highest BCUT2D eigenvalue weighted by Crippen LogP contribution is 2.19. The van der Waals surface area contributed by atoms with Gasteiger partial charge in [-0.2, -0.15) is 0 Å². The zero-order chi connectivity index (χ0) is 15.3. The molecule has 0 aliphatic heterocycles. The van der Waals surface area contributed by atoms with Crippen LogP contribution in [0.2, 0.25) is 0 Å². The van der Waals surface area contributed by atoms with Crippen LogP contribution in [-0.2, 0) is 14.8 Å². The van der Waals surface area contributed by atoms with Gasteiger partial charge in [0.2, 0.25) is 10.0 Å². The molecule has 5 nitrogen and oxygen atoms in total. The van der Waals surface area contributed by atoms with E-state index in [0.29, 0.717) is 12.1 Å². The predicted octanol–water partition coefficient (Wildman–Crippen LogP) is 1.64. The maximum atomic E-state index is 13.3. The summed E-state index contributed by atoms with van der Waals surface area (Å²) in [6.45, 7) is -0.131. The van der Waals surface area contributed by atoms with Crippen LogP contribution in [0.1, 0.15) is 19.3 Å². The van der Waals surface area contributed by atoms with Crippen molar-refractivity contribution in [2.45, 2.75) is 24.2 Å². The Kier molecular flexibility index (Phi) is 5.52. The van der Waals surface area contributed by atoms with E-state index in [1.807, 2.05) is 4.72 Å². The SMILES string of the molecule is O=C(O)CCCCNS(=O)(=O)c1ccc(F)c(F)c1F. The summed E-state index contributed by atoms with van der Waals surface area (Å²) in [7, 11) is -4.31. The number of carboxylic acid groups (broad SMARTS) is 1. The van der Waals surface area contributed by atoms with Gasteiger partial charge in [-0.05, 0) is 25.0 Å². The van der Waals surface area contributed by atoms with Gasteiger partial charge in [-0.25, -0.2) is 26.3 Å². The molecule has 2 N–H and O–H groups in total. The fourth-order valence-electron chi connectivity index (χ4n) is 1.40. The van der Waals surface area contributed by atoms with E-state index in [2.05, 4.69) is 0 Å². The molecule has 0 saturated heterocycles. The molecule has 1 aromatic carbocycles. The Labute approximate surface area is 113 Å². The fourth-order valence-corrected chi connectivity index (χ4v) is 2.54. The second kappa shape index (κ2) is 6.71. The third-order valence-electron chi connectivity index (χ3n) is 2.40. The largest absolute Gasteiger partial charge is 0.481 e. The number of aliphatic carboxylic acids is 1. The van der Waals surface area contributed by atoms with Gasteiger partial charge in [-0.3, -0.25) is 4.79 Å². The third-order valence-corrected chi connectivity index (χ3v) is 3.88. The van der Waals surface area contributed by atoms with Gasteiger partial charge in [0.15, 0.2) is 17.5 Å². The fraction of sp³-hybridized carbons (Fsp3) is 0.364. The molecule has 0 unspecified atom stereocenters. The van der Waals surface area contributed by atoms with Gasteiger partial charge in [-0.15, -0.1) is 0 Å². The zero-order valence-corrected chi connectivity index (χ0v) is 11.0. The molecule has 0 aromatic heterocycles. The summed E-state index contributed by atoms with van der Waals surface area (Å²) >= 11 is 0. The number of unbranched alkanes of at least 4 members (excludes halogenated alkanes) is 1. The summed E-state index contributed by atoms with van der Waals surface area (Å²) in [5, 5.41) is 8.38. The van der Waals surface area contributed by atoms with Crippen LogP contribution in [-0.4, -0.2) is 26.0 Å². The molecule has 0 atom stereocenters. The standard InChI is InChI=1S/C11H12F3NO4S/c12-7-4-5-8(11(14)10(7)13)20(18,19)15-6-2-1-3-9(16)17/h4-5,15H,1-3,6H2,(H,16,17). The topological polar surface area (TPSA) is 83.5 Å². The number of sulfonamides is 1. The molecule has 1 aromatic rings. The summed E-state index contributed by atoms with van der Waals surface area (Å²) in [6, 6.07) is 1.13. The Morgan fingerprint density at radius 1 is 1.15 bits per heavy atom. The van der Waals surface area contributed by atoms with E-state index in [-0.39, 0.29) is 25.8 Å². The summed E-state index contributed by atoms with van der Waals surface area (Å²) in [5.74, 6) is -6.15. The van der Waals surface area contributed by atoms with Gasteiger partial charge in [-0.1, -0.05) is 0 Å². The highest BCUT2D eigenvalue weighted by atomic mass is 32.2. The van der Waals surface area contributed by atoms with Crippen LogP contribution in [0.4, 0.5) is 13.2 Å². The number of halogens is 3. The molecule has 0 fully saturated rings. The Hall–Kier alpha value is -1.61. The molecular formula is C11H12F3NO4S. The quantitative estimate of drug-likeness (QED) is 0.592. The van der Waals surface area contributed by atoms with Crippen LogP contribution in [0.5, 0.6) is 0 Å². The molecule has 112 valence electrons. The first-order valence-corrected chi connectivity index (χ1v) is 7.09. The van der Waals surface area contributed by atoms with Crippen molar-refractivity contribution in [2.75, 3.05) is 6.54 Å². The van der Waals surface area contributed by atoms with Crippen LogP contribution >= 0.6 is 0 Å². The van der Waals surface area contributed by atoms with Crippen molar-refractivity contribution in [1.29, 1.82) is 0 Å². The average Bonchev–Trinajstić information content (AvgIpc) is 2.34. The highest BCUT2D eigenvalue weighted by Gasteiger charge is 2.23. The average molecular weight is 311 g/mol. The smallest absolute Gasteiger partial charge is 0.303 e. The van der Waals surface area contributed by atoms with Crippen molar-refractivity contribution >= 4 is 16.0 Å². The van der Waals surface area contributed by atoms with Crippen molar-refractivity contribution in [2.24, 2.45) is 0 Å². The minimum absolute atomic E-state index is 0.124. The first kappa shape index (κ1) is 16.4. The lowest BCUT2D eigenvalue weighted by Gasteiger charge is -2.08. The van der Waals surface area contributed by atoms with E-state index >= 15 is 0 Å². The molecule has 20 heavy (non-hydrogen) atoms. The molecular weight excluding hydrogens is 299 g/mol. The maximum Gasteiger partial charge on any atom is 0.303 e. The summed E-state index contributed by atoms with van der Waals surface area (Å²) < 4.78 is 64.3. The predicted molar refractivity (Wildman–Crippen MR) is 63.0 cm³/mol. The maximum absolute atomic E-state index is 13.3. The summed E-state index contributed by atoms with van der Waals surface area (Å²) in [4.78, 5) is 9.24. The van der Waals surface area contributed by atoms with Gasteiger partial charge in [0.25, 0.3) is 0 Å². The van der Waals surface area contributed by atoms with E-state index in [4.69, 9.17) is 5.11 Å². The molecule has 0 heterocycles. The Balaban J connectivity index is 2.70. The first-order valence-electron chi connectivity index (χ1n) is 5.60. The second-order valence-electron chi connectivity index (χ2n) is 3.92.